The van der Waals surface area contributed by atoms with Crippen molar-refractivity contribution in [2.45, 2.75) is 64.9 Å². The molecule has 0 bridgehead atoms. The molecule has 0 aliphatic rings. The van der Waals surface area contributed by atoms with Crippen molar-refractivity contribution < 1.29 is 14.3 Å². The van der Waals surface area contributed by atoms with Gasteiger partial charge in [0.1, 0.15) is 6.61 Å². The molecule has 4 heteroatoms. The first-order chi connectivity index (χ1) is 11.1. The number of hydrogen-bond donors (Lipinski definition) is 0. The summed E-state index contributed by atoms with van der Waals surface area (Å²) in [5.74, 6) is -0.744. The van der Waals surface area contributed by atoms with Crippen molar-refractivity contribution in [3.63, 3.8) is 0 Å². The van der Waals surface area contributed by atoms with Crippen LogP contribution < -0.4 is 0 Å². The van der Waals surface area contributed by atoms with Gasteiger partial charge in [0.2, 0.25) is 5.24 Å². The molecule has 0 unspecified atom stereocenters. The Labute approximate surface area is 144 Å². The zero-order valence-corrected chi connectivity index (χ0v) is 14.7. The Morgan fingerprint density at radius 1 is 1.04 bits per heavy atom. The van der Waals surface area contributed by atoms with E-state index in [0.717, 1.165) is 18.4 Å². The molecule has 0 aliphatic heterocycles. The lowest BCUT2D eigenvalue weighted by molar-refractivity contribution is -0.151. The van der Waals surface area contributed by atoms with Gasteiger partial charge in [0.05, 0.1) is 5.92 Å². The van der Waals surface area contributed by atoms with Crippen molar-refractivity contribution in [2.75, 3.05) is 0 Å². The second kappa shape index (κ2) is 12.1. The molecule has 0 fully saturated rings. The molecular formula is C19H27ClO3. The molecule has 1 atom stereocenters. The third kappa shape index (κ3) is 9.39. The Balaban J connectivity index is 2.36. The lowest BCUT2D eigenvalue weighted by Crippen LogP contribution is -2.19. The number of carbonyl (C=O) groups excluding carboxylic acids is 2. The van der Waals surface area contributed by atoms with Gasteiger partial charge >= 0.3 is 5.97 Å². The molecule has 0 saturated carbocycles. The molecular weight excluding hydrogens is 312 g/mol. The van der Waals surface area contributed by atoms with E-state index in [2.05, 4.69) is 6.92 Å². The maximum absolute atomic E-state index is 12.2. The molecule has 1 aromatic carbocycles. The van der Waals surface area contributed by atoms with E-state index in [1.54, 1.807) is 0 Å². The van der Waals surface area contributed by atoms with Crippen LogP contribution in [0.15, 0.2) is 30.3 Å². The molecule has 0 aromatic heterocycles. The van der Waals surface area contributed by atoms with Crippen LogP contribution in [0.4, 0.5) is 0 Å². The molecule has 128 valence electrons. The summed E-state index contributed by atoms with van der Waals surface area (Å²) >= 11 is 5.47. The number of benzene rings is 1. The van der Waals surface area contributed by atoms with E-state index in [1.807, 2.05) is 30.3 Å². The van der Waals surface area contributed by atoms with Crippen molar-refractivity contribution in [1.29, 1.82) is 0 Å². The minimum atomic E-state index is -0.474. The second-order valence-corrected chi connectivity index (χ2v) is 6.33. The van der Waals surface area contributed by atoms with Crippen LogP contribution in [0.5, 0.6) is 0 Å². The minimum Gasteiger partial charge on any atom is -0.461 e. The van der Waals surface area contributed by atoms with E-state index in [1.165, 1.54) is 25.7 Å². The van der Waals surface area contributed by atoms with Crippen molar-refractivity contribution in [3.8, 4) is 0 Å². The van der Waals surface area contributed by atoms with Gasteiger partial charge in [-0.1, -0.05) is 75.8 Å². The van der Waals surface area contributed by atoms with Crippen LogP contribution in [0.1, 0.15) is 63.9 Å². The molecule has 0 radical (unpaired) electrons. The summed E-state index contributed by atoms with van der Waals surface area (Å²) in [6.45, 7) is 2.42. The molecule has 0 heterocycles. The van der Waals surface area contributed by atoms with Crippen molar-refractivity contribution >= 4 is 22.8 Å². The fourth-order valence-corrected chi connectivity index (χ4v) is 2.70. The number of rotatable bonds is 12. The third-order valence-electron chi connectivity index (χ3n) is 3.87. The highest BCUT2D eigenvalue weighted by Gasteiger charge is 2.22. The van der Waals surface area contributed by atoms with Gasteiger partial charge in [-0.15, -0.1) is 0 Å². The summed E-state index contributed by atoms with van der Waals surface area (Å²) < 4.78 is 5.34. The smallest absolute Gasteiger partial charge is 0.309 e. The zero-order valence-electron chi connectivity index (χ0n) is 13.9. The van der Waals surface area contributed by atoms with Gasteiger partial charge in [-0.2, -0.15) is 0 Å². The Kier molecular flexibility index (Phi) is 10.4. The van der Waals surface area contributed by atoms with Gasteiger partial charge in [-0.3, -0.25) is 9.59 Å². The summed E-state index contributed by atoms with van der Waals surface area (Å²) in [5.41, 5.74) is 0.941. The normalized spacial score (nSPS) is 11.9. The van der Waals surface area contributed by atoms with E-state index >= 15 is 0 Å². The summed E-state index contributed by atoms with van der Waals surface area (Å²) in [7, 11) is 0. The standard InChI is InChI=1S/C19H27ClO3/c1-2-3-4-5-6-10-13-17(14-18(20)21)19(22)23-15-16-11-8-7-9-12-16/h7-9,11-12,17H,2-6,10,13-15H2,1H3/t17-/m1/s1. The Bertz CT molecular complexity index is 459. The van der Waals surface area contributed by atoms with Crippen LogP contribution in [-0.4, -0.2) is 11.2 Å². The quantitative estimate of drug-likeness (QED) is 0.297. The lowest BCUT2D eigenvalue weighted by Gasteiger charge is -2.14. The number of hydrogen-bond acceptors (Lipinski definition) is 3. The highest BCUT2D eigenvalue weighted by atomic mass is 35.5. The van der Waals surface area contributed by atoms with Gasteiger partial charge < -0.3 is 4.74 Å². The topological polar surface area (TPSA) is 43.4 Å². The fraction of sp³-hybridized carbons (Fsp3) is 0.579. The van der Waals surface area contributed by atoms with Crippen LogP contribution in [0, 0.1) is 5.92 Å². The zero-order chi connectivity index (χ0) is 16.9. The second-order valence-electron chi connectivity index (χ2n) is 5.91. The highest BCUT2D eigenvalue weighted by molar-refractivity contribution is 6.63. The monoisotopic (exact) mass is 338 g/mol. The average molecular weight is 339 g/mol. The van der Waals surface area contributed by atoms with Crippen LogP contribution in [-0.2, 0) is 20.9 Å². The van der Waals surface area contributed by atoms with Crippen LogP contribution in [0.3, 0.4) is 0 Å². The van der Waals surface area contributed by atoms with Gasteiger partial charge in [0.15, 0.2) is 0 Å². The van der Waals surface area contributed by atoms with E-state index in [9.17, 15) is 9.59 Å². The van der Waals surface area contributed by atoms with E-state index in [4.69, 9.17) is 16.3 Å². The summed E-state index contributed by atoms with van der Waals surface area (Å²) in [4.78, 5) is 23.3. The molecule has 0 amide bonds. The Hall–Kier alpha value is -1.35. The molecule has 23 heavy (non-hydrogen) atoms. The molecule has 1 rings (SSSR count). The molecule has 3 nitrogen and oxygen atoms in total. The molecule has 1 aromatic rings. The fourth-order valence-electron chi connectivity index (χ4n) is 2.51. The largest absolute Gasteiger partial charge is 0.461 e. The Morgan fingerprint density at radius 2 is 1.70 bits per heavy atom. The average Bonchev–Trinajstić information content (AvgIpc) is 2.55. The maximum Gasteiger partial charge on any atom is 0.309 e. The predicted molar refractivity (Wildman–Crippen MR) is 93.2 cm³/mol. The van der Waals surface area contributed by atoms with Crippen molar-refractivity contribution in [2.24, 2.45) is 5.92 Å². The van der Waals surface area contributed by atoms with E-state index < -0.39 is 11.2 Å². The molecule has 0 spiro atoms. The first-order valence-corrected chi connectivity index (χ1v) is 8.90. The number of carbonyl (C=O) groups is 2. The van der Waals surface area contributed by atoms with Gasteiger partial charge in [-0.05, 0) is 23.6 Å². The number of esters is 1. The first-order valence-electron chi connectivity index (χ1n) is 8.52. The van der Waals surface area contributed by atoms with Gasteiger partial charge in [-0.25, -0.2) is 0 Å². The van der Waals surface area contributed by atoms with E-state index in [0.29, 0.717) is 6.42 Å². The lowest BCUT2D eigenvalue weighted by atomic mass is 9.97. The SMILES string of the molecule is CCCCCCCC[C@H](CC(=O)Cl)C(=O)OCc1ccccc1. The van der Waals surface area contributed by atoms with Crippen LogP contribution in [0.2, 0.25) is 0 Å². The van der Waals surface area contributed by atoms with E-state index in [-0.39, 0.29) is 19.0 Å². The van der Waals surface area contributed by atoms with Crippen molar-refractivity contribution in [3.05, 3.63) is 35.9 Å². The summed E-state index contributed by atoms with van der Waals surface area (Å²) in [6.07, 6.45) is 7.61. The first kappa shape index (κ1) is 19.7. The maximum atomic E-state index is 12.2. The molecule has 0 saturated heterocycles. The summed E-state index contributed by atoms with van der Waals surface area (Å²) in [5, 5.41) is -0.474. The number of unbranched alkanes of at least 4 members (excludes halogenated alkanes) is 5. The van der Waals surface area contributed by atoms with Gasteiger partial charge in [0, 0.05) is 6.42 Å². The predicted octanol–water partition coefficient (Wildman–Crippen LogP) is 5.25. The Morgan fingerprint density at radius 3 is 2.35 bits per heavy atom. The molecule has 0 aliphatic carbocycles. The molecule has 0 N–H and O–H groups in total. The minimum absolute atomic E-state index is 0.0597. The number of halogens is 1. The van der Waals surface area contributed by atoms with Crippen LogP contribution in [0.25, 0.3) is 0 Å². The summed E-state index contributed by atoms with van der Waals surface area (Å²) in [6, 6.07) is 9.53. The highest BCUT2D eigenvalue weighted by Crippen LogP contribution is 2.19. The van der Waals surface area contributed by atoms with Gasteiger partial charge in [0.25, 0.3) is 0 Å². The van der Waals surface area contributed by atoms with Crippen LogP contribution >= 0.6 is 11.6 Å². The third-order valence-corrected chi connectivity index (χ3v) is 4.02. The van der Waals surface area contributed by atoms with Crippen molar-refractivity contribution in [1.82, 2.24) is 0 Å². The number of ether oxygens (including phenoxy) is 1.